The van der Waals surface area contributed by atoms with Crippen molar-refractivity contribution in [3.63, 3.8) is 0 Å². The first-order chi connectivity index (χ1) is 11.0. The van der Waals surface area contributed by atoms with Crippen LogP contribution in [0.5, 0.6) is 5.75 Å². The summed E-state index contributed by atoms with van der Waals surface area (Å²) in [6.45, 7) is 4.01. The zero-order valence-corrected chi connectivity index (χ0v) is 12.9. The second-order valence-electron chi connectivity index (χ2n) is 4.92. The highest BCUT2D eigenvalue weighted by molar-refractivity contribution is 5.91. The van der Waals surface area contributed by atoms with E-state index in [9.17, 15) is 13.6 Å². The topological polar surface area (TPSA) is 50.4 Å². The van der Waals surface area contributed by atoms with E-state index in [0.29, 0.717) is 23.6 Å². The summed E-state index contributed by atoms with van der Waals surface area (Å²) in [6.07, 6.45) is 0. The summed E-state index contributed by atoms with van der Waals surface area (Å²) >= 11 is 0. The largest absolute Gasteiger partial charge is 0.492 e. The zero-order chi connectivity index (χ0) is 16.8. The standard InChI is InChI=1S/C17H18F2N2O2/c1-3-23-16-7-5-4-6-15(16)21-17(22)20-11(2)12-8-9-13(18)14(19)10-12/h4-11H,3H2,1-2H3,(H2,20,21,22)/t11-/m0/s1. The van der Waals surface area contributed by atoms with Crippen molar-refractivity contribution in [3.8, 4) is 5.75 Å². The Hall–Kier alpha value is -2.63. The van der Waals surface area contributed by atoms with Gasteiger partial charge in [0.15, 0.2) is 11.6 Å². The van der Waals surface area contributed by atoms with Crippen molar-refractivity contribution in [2.45, 2.75) is 19.9 Å². The van der Waals surface area contributed by atoms with E-state index in [1.807, 2.05) is 6.92 Å². The first-order valence-electron chi connectivity index (χ1n) is 7.25. The first kappa shape index (κ1) is 16.7. The number of benzene rings is 2. The van der Waals surface area contributed by atoms with Gasteiger partial charge in [-0.1, -0.05) is 18.2 Å². The lowest BCUT2D eigenvalue weighted by Crippen LogP contribution is -2.31. The molecule has 0 aliphatic rings. The van der Waals surface area contributed by atoms with Crippen molar-refractivity contribution in [1.82, 2.24) is 5.32 Å². The fraction of sp³-hybridized carbons (Fsp3) is 0.235. The number of carbonyl (C=O) groups is 1. The molecule has 2 N–H and O–H groups in total. The Bertz CT molecular complexity index is 692. The van der Waals surface area contributed by atoms with Crippen LogP contribution in [0.1, 0.15) is 25.5 Å². The van der Waals surface area contributed by atoms with Crippen LogP contribution in [-0.2, 0) is 0 Å². The lowest BCUT2D eigenvalue weighted by Gasteiger charge is -2.16. The molecule has 1 atom stereocenters. The van der Waals surface area contributed by atoms with Gasteiger partial charge in [-0.2, -0.15) is 0 Å². The van der Waals surface area contributed by atoms with Gasteiger partial charge in [0.05, 0.1) is 18.3 Å². The molecule has 2 amide bonds. The molecule has 0 spiro atoms. The molecule has 0 saturated carbocycles. The number of nitrogens with one attached hydrogen (secondary N) is 2. The molecule has 0 saturated heterocycles. The van der Waals surface area contributed by atoms with Crippen LogP contribution in [0.4, 0.5) is 19.3 Å². The third-order valence-electron chi connectivity index (χ3n) is 3.23. The molecule has 4 nitrogen and oxygen atoms in total. The third kappa shape index (κ3) is 4.42. The number of ether oxygens (including phenoxy) is 1. The van der Waals surface area contributed by atoms with Gasteiger partial charge in [0, 0.05) is 0 Å². The van der Waals surface area contributed by atoms with Gasteiger partial charge in [-0.3, -0.25) is 0 Å². The molecule has 23 heavy (non-hydrogen) atoms. The smallest absolute Gasteiger partial charge is 0.319 e. The maximum atomic E-state index is 13.2. The van der Waals surface area contributed by atoms with Crippen LogP contribution < -0.4 is 15.4 Å². The predicted molar refractivity (Wildman–Crippen MR) is 84.5 cm³/mol. The van der Waals surface area contributed by atoms with Crippen molar-refractivity contribution < 1.29 is 18.3 Å². The molecule has 0 aliphatic heterocycles. The number of urea groups is 1. The van der Waals surface area contributed by atoms with Gasteiger partial charge in [0.25, 0.3) is 0 Å². The average molecular weight is 320 g/mol. The van der Waals surface area contributed by atoms with Gasteiger partial charge in [0.2, 0.25) is 0 Å². The van der Waals surface area contributed by atoms with Crippen LogP contribution in [0, 0.1) is 11.6 Å². The lowest BCUT2D eigenvalue weighted by atomic mass is 10.1. The van der Waals surface area contributed by atoms with Crippen LogP contribution in [-0.4, -0.2) is 12.6 Å². The molecule has 0 fully saturated rings. The Balaban J connectivity index is 2.03. The molecule has 0 bridgehead atoms. The Morgan fingerprint density at radius 1 is 1.17 bits per heavy atom. The molecular weight excluding hydrogens is 302 g/mol. The lowest BCUT2D eigenvalue weighted by molar-refractivity contribution is 0.249. The van der Waals surface area contributed by atoms with Gasteiger partial charge in [0.1, 0.15) is 5.75 Å². The van der Waals surface area contributed by atoms with Crippen LogP contribution in [0.3, 0.4) is 0 Å². The third-order valence-corrected chi connectivity index (χ3v) is 3.23. The Labute approximate surface area is 133 Å². The van der Waals surface area contributed by atoms with Crippen molar-refractivity contribution in [2.75, 3.05) is 11.9 Å². The van der Waals surface area contributed by atoms with Crippen LogP contribution in [0.25, 0.3) is 0 Å². The minimum atomic E-state index is -0.946. The molecule has 0 unspecified atom stereocenters. The highest BCUT2D eigenvalue weighted by atomic mass is 19.2. The minimum absolute atomic E-state index is 0.464. The molecule has 2 aromatic rings. The van der Waals surface area contributed by atoms with Crippen LogP contribution in [0.15, 0.2) is 42.5 Å². The van der Waals surface area contributed by atoms with E-state index in [1.54, 1.807) is 31.2 Å². The number of hydrogen-bond acceptors (Lipinski definition) is 2. The Kier molecular flexibility index (Phi) is 5.51. The highest BCUT2D eigenvalue weighted by Crippen LogP contribution is 2.24. The summed E-state index contributed by atoms with van der Waals surface area (Å²) in [5.74, 6) is -1.31. The van der Waals surface area contributed by atoms with Gasteiger partial charge in [-0.25, -0.2) is 13.6 Å². The Morgan fingerprint density at radius 3 is 2.61 bits per heavy atom. The molecule has 0 aliphatic carbocycles. The second kappa shape index (κ2) is 7.58. The molecule has 0 heterocycles. The molecule has 0 aromatic heterocycles. The van der Waals surface area contributed by atoms with Gasteiger partial charge >= 0.3 is 6.03 Å². The van der Waals surface area contributed by atoms with Gasteiger partial charge in [-0.05, 0) is 43.7 Å². The fourth-order valence-electron chi connectivity index (χ4n) is 2.07. The number of carbonyl (C=O) groups excluding carboxylic acids is 1. The number of anilines is 1. The molecular formula is C17H18F2N2O2. The van der Waals surface area contributed by atoms with Gasteiger partial charge < -0.3 is 15.4 Å². The minimum Gasteiger partial charge on any atom is -0.492 e. The molecule has 0 radical (unpaired) electrons. The quantitative estimate of drug-likeness (QED) is 0.865. The summed E-state index contributed by atoms with van der Waals surface area (Å²) in [7, 11) is 0. The normalized spacial score (nSPS) is 11.7. The number of hydrogen-bond donors (Lipinski definition) is 2. The summed E-state index contributed by atoms with van der Waals surface area (Å²) in [6, 6.07) is 9.62. The summed E-state index contributed by atoms with van der Waals surface area (Å²) in [4.78, 5) is 12.1. The summed E-state index contributed by atoms with van der Waals surface area (Å²) in [5.41, 5.74) is 1.00. The number of amides is 2. The predicted octanol–water partition coefficient (Wildman–Crippen LogP) is 4.25. The van der Waals surface area contributed by atoms with E-state index >= 15 is 0 Å². The van der Waals surface area contributed by atoms with Gasteiger partial charge in [-0.15, -0.1) is 0 Å². The number of para-hydroxylation sites is 2. The maximum Gasteiger partial charge on any atom is 0.319 e. The zero-order valence-electron chi connectivity index (χ0n) is 12.9. The Morgan fingerprint density at radius 2 is 1.91 bits per heavy atom. The molecule has 122 valence electrons. The SMILES string of the molecule is CCOc1ccccc1NC(=O)N[C@@H](C)c1ccc(F)c(F)c1. The maximum absolute atomic E-state index is 13.2. The monoisotopic (exact) mass is 320 g/mol. The molecule has 2 aromatic carbocycles. The van der Waals surface area contributed by atoms with E-state index in [4.69, 9.17) is 4.74 Å². The molecule has 6 heteroatoms. The van der Waals surface area contributed by atoms with Crippen molar-refractivity contribution in [1.29, 1.82) is 0 Å². The van der Waals surface area contributed by atoms with E-state index in [0.717, 1.165) is 12.1 Å². The van der Waals surface area contributed by atoms with Crippen LogP contribution >= 0.6 is 0 Å². The number of rotatable bonds is 5. The van der Waals surface area contributed by atoms with Crippen molar-refractivity contribution in [3.05, 3.63) is 59.7 Å². The highest BCUT2D eigenvalue weighted by Gasteiger charge is 2.13. The first-order valence-corrected chi connectivity index (χ1v) is 7.25. The van der Waals surface area contributed by atoms with Crippen molar-refractivity contribution in [2.24, 2.45) is 0 Å². The fourth-order valence-corrected chi connectivity index (χ4v) is 2.07. The van der Waals surface area contributed by atoms with E-state index in [-0.39, 0.29) is 0 Å². The average Bonchev–Trinajstić information content (AvgIpc) is 2.52. The van der Waals surface area contributed by atoms with E-state index in [2.05, 4.69) is 10.6 Å². The van der Waals surface area contributed by atoms with Crippen LogP contribution in [0.2, 0.25) is 0 Å². The van der Waals surface area contributed by atoms with E-state index < -0.39 is 23.7 Å². The van der Waals surface area contributed by atoms with E-state index in [1.165, 1.54) is 6.07 Å². The van der Waals surface area contributed by atoms with Crippen molar-refractivity contribution >= 4 is 11.7 Å². The second-order valence-corrected chi connectivity index (χ2v) is 4.92. The number of halogens is 2. The molecule has 2 rings (SSSR count). The summed E-state index contributed by atoms with van der Waals surface area (Å²) in [5, 5.41) is 5.35. The summed E-state index contributed by atoms with van der Waals surface area (Å²) < 4.78 is 31.6.